The van der Waals surface area contributed by atoms with E-state index in [4.69, 9.17) is 9.47 Å². The summed E-state index contributed by atoms with van der Waals surface area (Å²) in [6, 6.07) is 0. The van der Waals surface area contributed by atoms with Gasteiger partial charge in [-0.3, -0.25) is 9.59 Å². The number of carbonyl (C=O) groups is 2. The number of ether oxygens (including phenoxy) is 2. The van der Waals surface area contributed by atoms with Crippen LogP contribution < -0.4 is 0 Å². The predicted molar refractivity (Wildman–Crippen MR) is 265 cm³/mol. The Hall–Kier alpha value is -3.18. The van der Waals surface area contributed by atoms with Gasteiger partial charge < -0.3 is 14.6 Å². The van der Waals surface area contributed by atoms with Crippen LogP contribution in [-0.4, -0.2) is 36.4 Å². The first-order valence-corrected chi connectivity index (χ1v) is 25.3. The van der Waals surface area contributed by atoms with E-state index in [1.54, 1.807) is 0 Å². The molecule has 0 aromatic carbocycles. The van der Waals surface area contributed by atoms with E-state index in [1.165, 1.54) is 103 Å². The number of hydrogen-bond donors (Lipinski definition) is 1. The molecule has 0 heterocycles. The van der Waals surface area contributed by atoms with Crippen molar-refractivity contribution >= 4 is 11.9 Å². The van der Waals surface area contributed by atoms with Crippen LogP contribution in [0, 0.1) is 0 Å². The van der Waals surface area contributed by atoms with Gasteiger partial charge in [0, 0.05) is 12.8 Å². The third-order valence-electron chi connectivity index (χ3n) is 10.6. The summed E-state index contributed by atoms with van der Waals surface area (Å²) >= 11 is 0. The quantitative estimate of drug-likeness (QED) is 0.0375. The molecule has 1 atom stereocenters. The molecule has 0 radical (unpaired) electrons. The average Bonchev–Trinajstić information content (AvgIpc) is 3.26. The molecule has 0 bridgehead atoms. The minimum absolute atomic E-state index is 0.0712. The van der Waals surface area contributed by atoms with Crippen molar-refractivity contribution in [3.05, 3.63) is 97.2 Å². The maximum Gasteiger partial charge on any atom is 0.306 e. The van der Waals surface area contributed by atoms with E-state index in [1.807, 2.05) is 0 Å². The molecule has 0 saturated heterocycles. The summed E-state index contributed by atoms with van der Waals surface area (Å²) in [7, 11) is 0. The van der Waals surface area contributed by atoms with Gasteiger partial charge in [-0.05, 0) is 77.0 Å². The molecule has 0 spiro atoms. The maximum absolute atomic E-state index is 12.3. The highest BCUT2D eigenvalue weighted by Gasteiger charge is 2.16. The fraction of sp³-hybridized carbons (Fsp3) is 0.679. The zero-order chi connectivity index (χ0) is 44.2. The van der Waals surface area contributed by atoms with Crippen molar-refractivity contribution in [3.63, 3.8) is 0 Å². The second-order valence-corrected chi connectivity index (χ2v) is 16.5. The monoisotopic (exact) mass is 847 g/mol. The van der Waals surface area contributed by atoms with E-state index in [9.17, 15) is 14.7 Å². The van der Waals surface area contributed by atoms with Crippen LogP contribution in [0.3, 0.4) is 0 Å². The lowest BCUT2D eigenvalue weighted by molar-refractivity contribution is -0.161. The third kappa shape index (κ3) is 49.4. The van der Waals surface area contributed by atoms with Gasteiger partial charge in [0.15, 0.2) is 6.10 Å². The van der Waals surface area contributed by atoms with Crippen molar-refractivity contribution in [2.75, 3.05) is 13.2 Å². The Kier molecular flexibility index (Phi) is 48.5. The predicted octanol–water partition coefficient (Wildman–Crippen LogP) is 16.8. The molecule has 0 fully saturated rings. The number of aliphatic hydroxyl groups excluding tert-OH is 1. The van der Waals surface area contributed by atoms with Crippen molar-refractivity contribution in [1.82, 2.24) is 0 Å². The number of esters is 2. The summed E-state index contributed by atoms with van der Waals surface area (Å²) in [6.45, 7) is 4.02. The molecule has 0 aliphatic heterocycles. The van der Waals surface area contributed by atoms with Crippen LogP contribution in [0.5, 0.6) is 0 Å². The summed E-state index contributed by atoms with van der Waals surface area (Å²) < 4.78 is 10.7. The molecule has 61 heavy (non-hydrogen) atoms. The average molecular weight is 847 g/mol. The lowest BCUT2D eigenvalue weighted by Crippen LogP contribution is -2.28. The Bertz CT molecular complexity index is 1190. The van der Waals surface area contributed by atoms with Crippen LogP contribution in [0.4, 0.5) is 0 Å². The largest absolute Gasteiger partial charge is 0.462 e. The van der Waals surface area contributed by atoms with Crippen molar-refractivity contribution in [1.29, 1.82) is 0 Å². The van der Waals surface area contributed by atoms with E-state index in [0.29, 0.717) is 12.8 Å². The first kappa shape index (κ1) is 57.8. The SMILES string of the molecule is CC/C=C\C/C=C\C/C=C\C/C=C\C/C=C\C/C=C\C/C=C\C/C=C\CCCCCCCCCCC(=O)OC(CO)COC(=O)CCCCCCCCCCCCCCCC. The van der Waals surface area contributed by atoms with Crippen LogP contribution >= 0.6 is 0 Å². The second-order valence-electron chi connectivity index (χ2n) is 16.5. The van der Waals surface area contributed by atoms with Gasteiger partial charge >= 0.3 is 11.9 Å². The molecule has 0 aliphatic carbocycles. The maximum atomic E-state index is 12.3. The summed E-state index contributed by atoms with van der Waals surface area (Å²) in [5.41, 5.74) is 0. The van der Waals surface area contributed by atoms with Crippen LogP contribution in [0.1, 0.15) is 226 Å². The lowest BCUT2D eigenvalue weighted by Gasteiger charge is -2.15. The summed E-state index contributed by atoms with van der Waals surface area (Å²) in [4.78, 5) is 24.4. The van der Waals surface area contributed by atoms with E-state index >= 15 is 0 Å². The van der Waals surface area contributed by atoms with Gasteiger partial charge in [0.2, 0.25) is 0 Å². The minimum Gasteiger partial charge on any atom is -0.462 e. The highest BCUT2D eigenvalue weighted by Crippen LogP contribution is 2.15. The molecule has 0 amide bonds. The molecule has 5 nitrogen and oxygen atoms in total. The zero-order valence-corrected chi connectivity index (χ0v) is 39.6. The lowest BCUT2D eigenvalue weighted by atomic mass is 10.0. The van der Waals surface area contributed by atoms with Gasteiger partial charge in [-0.2, -0.15) is 0 Å². The molecule has 1 unspecified atom stereocenters. The van der Waals surface area contributed by atoms with E-state index in [-0.39, 0.29) is 25.2 Å². The first-order valence-electron chi connectivity index (χ1n) is 25.3. The van der Waals surface area contributed by atoms with Crippen molar-refractivity contribution in [2.45, 2.75) is 232 Å². The van der Waals surface area contributed by atoms with Crippen LogP contribution in [0.25, 0.3) is 0 Å². The molecule has 0 saturated carbocycles. The second kappa shape index (κ2) is 51.2. The summed E-state index contributed by atoms with van der Waals surface area (Å²) in [5, 5.41) is 9.61. The van der Waals surface area contributed by atoms with Crippen molar-refractivity contribution in [2.24, 2.45) is 0 Å². The fourth-order valence-corrected chi connectivity index (χ4v) is 6.86. The van der Waals surface area contributed by atoms with E-state index in [2.05, 4.69) is 111 Å². The normalized spacial score (nSPS) is 13.0. The molecular weight excluding hydrogens is 753 g/mol. The molecule has 1 N–H and O–H groups in total. The Morgan fingerprint density at radius 3 is 1.07 bits per heavy atom. The van der Waals surface area contributed by atoms with Gasteiger partial charge in [0.1, 0.15) is 6.61 Å². The number of rotatable bonds is 45. The number of hydrogen-bond acceptors (Lipinski definition) is 5. The first-order chi connectivity index (χ1) is 30.1. The molecule has 0 aliphatic rings. The van der Waals surface area contributed by atoms with Crippen LogP contribution in [0.2, 0.25) is 0 Å². The van der Waals surface area contributed by atoms with Gasteiger partial charge in [-0.25, -0.2) is 0 Å². The number of aliphatic hydroxyl groups is 1. The van der Waals surface area contributed by atoms with Crippen molar-refractivity contribution in [3.8, 4) is 0 Å². The van der Waals surface area contributed by atoms with Gasteiger partial charge in [-0.1, -0.05) is 233 Å². The fourth-order valence-electron chi connectivity index (χ4n) is 6.86. The summed E-state index contributed by atoms with van der Waals surface area (Å²) in [5.74, 6) is -0.600. The smallest absolute Gasteiger partial charge is 0.306 e. The zero-order valence-electron chi connectivity index (χ0n) is 39.6. The Labute approximate surface area is 377 Å². The van der Waals surface area contributed by atoms with Gasteiger partial charge in [0.05, 0.1) is 6.61 Å². The van der Waals surface area contributed by atoms with Crippen molar-refractivity contribution < 1.29 is 24.2 Å². The number of unbranched alkanes of at least 4 members (excludes halogenated alkanes) is 21. The Morgan fingerprint density at radius 2 is 0.705 bits per heavy atom. The minimum atomic E-state index is -0.780. The highest BCUT2D eigenvalue weighted by atomic mass is 16.6. The molecular formula is C56H94O5. The standard InChI is InChI=1S/C56H94O5/c1-3-5-7-9-11-13-15-17-19-20-21-22-23-24-25-26-27-28-29-30-31-32-33-34-35-36-37-39-41-43-45-47-49-51-56(59)61-54(52-57)53-60-55(58)50-48-46-44-42-40-38-18-16-14-12-10-8-6-4-2/h5,7,11,13,17,19,21-22,24-25,27-28,30-31,33-34,54,57H,3-4,6,8-10,12,14-16,18,20,23,26,29,32,35-53H2,1-2H3/b7-5-,13-11-,19-17-,22-21-,25-24-,28-27-,31-30-,34-33-. The van der Waals surface area contributed by atoms with Gasteiger partial charge in [-0.15, -0.1) is 0 Å². The third-order valence-corrected chi connectivity index (χ3v) is 10.6. The van der Waals surface area contributed by atoms with E-state index < -0.39 is 6.10 Å². The Morgan fingerprint density at radius 1 is 0.393 bits per heavy atom. The van der Waals surface area contributed by atoms with Gasteiger partial charge in [0.25, 0.3) is 0 Å². The molecule has 5 heteroatoms. The van der Waals surface area contributed by atoms with E-state index in [0.717, 1.165) is 96.3 Å². The molecule has 348 valence electrons. The highest BCUT2D eigenvalue weighted by molar-refractivity contribution is 5.70. The van der Waals surface area contributed by atoms with Crippen LogP contribution in [0.15, 0.2) is 97.2 Å². The molecule has 0 rings (SSSR count). The number of allylic oxidation sites excluding steroid dienone is 16. The number of carbonyl (C=O) groups excluding carboxylic acids is 2. The topological polar surface area (TPSA) is 72.8 Å². The molecule has 0 aromatic heterocycles. The Balaban J connectivity index is 3.59. The van der Waals surface area contributed by atoms with Crippen LogP contribution in [-0.2, 0) is 19.1 Å². The molecule has 0 aromatic rings. The summed E-state index contributed by atoms with van der Waals surface area (Å²) in [6.07, 6.45) is 72.1.